The number of halogens is 1. The van der Waals surface area contributed by atoms with Crippen LogP contribution in [0.3, 0.4) is 0 Å². The molecule has 4 saturated carbocycles. The number of sulfonamides is 1. The van der Waals surface area contributed by atoms with Crippen molar-refractivity contribution in [2.75, 3.05) is 6.54 Å². The molecular weight excluding hydrogens is 440 g/mol. The molecule has 9 heteroatoms. The second-order valence-corrected chi connectivity index (χ2v) is 12.0. The highest BCUT2D eigenvalue weighted by Gasteiger charge is 2.50. The monoisotopic (exact) mass is 466 g/mol. The molecule has 0 radical (unpaired) electrons. The van der Waals surface area contributed by atoms with Gasteiger partial charge in [-0.25, -0.2) is 13.2 Å². The van der Waals surface area contributed by atoms with E-state index in [1.807, 2.05) is 0 Å². The number of benzene rings is 1. The van der Waals surface area contributed by atoms with E-state index in [9.17, 15) is 18.0 Å². The zero-order valence-corrected chi connectivity index (χ0v) is 18.7. The van der Waals surface area contributed by atoms with E-state index in [1.165, 1.54) is 48.5 Å². The number of hydrogen-bond acceptors (Lipinski definition) is 4. The van der Waals surface area contributed by atoms with Crippen molar-refractivity contribution in [3.8, 4) is 0 Å². The quantitative estimate of drug-likeness (QED) is 0.693. The van der Waals surface area contributed by atoms with E-state index in [2.05, 4.69) is 5.32 Å². The van der Waals surface area contributed by atoms with Crippen molar-refractivity contribution >= 4 is 33.5 Å². The number of nitrogens with one attached hydrogen (secondary N) is 1. The van der Waals surface area contributed by atoms with Gasteiger partial charge in [0.25, 0.3) is 0 Å². The Bertz CT molecular complexity index is 999. The van der Waals surface area contributed by atoms with Crippen molar-refractivity contribution < 1.29 is 23.1 Å². The molecule has 4 bridgehead atoms. The Kier molecular flexibility index (Phi) is 5.30. The molecule has 1 amide bonds. The topological polar surface area (TPSA) is 104 Å². The number of carboxylic acids is 1. The third-order valence-corrected chi connectivity index (χ3v) is 10.2. The highest BCUT2D eigenvalue weighted by Crippen LogP contribution is 2.53. The summed E-state index contributed by atoms with van der Waals surface area (Å²) in [4.78, 5) is 24.2. The molecule has 6 rings (SSSR count). The third kappa shape index (κ3) is 3.66. The van der Waals surface area contributed by atoms with Gasteiger partial charge in [-0.3, -0.25) is 4.79 Å². The van der Waals surface area contributed by atoms with Gasteiger partial charge in [-0.15, -0.1) is 0 Å². The second-order valence-electron chi connectivity index (χ2n) is 9.69. The third-order valence-electron chi connectivity index (χ3n) is 7.81. The average Bonchev–Trinajstić information content (AvgIpc) is 3.20. The lowest BCUT2D eigenvalue weighted by Crippen LogP contribution is -2.58. The van der Waals surface area contributed by atoms with Crippen molar-refractivity contribution in [3.63, 3.8) is 0 Å². The molecular formula is C22H27ClN2O5S. The molecule has 5 fully saturated rings. The van der Waals surface area contributed by atoms with Crippen LogP contribution in [0, 0.1) is 23.7 Å². The standard InChI is InChI=1S/C22H27ClN2O5S/c23-17-11-14(22(27)28)3-4-19(17)31(29,30)25-5-1-2-18(25)21(26)24-20-15-7-12-6-13(9-15)10-16(20)8-12/h3-4,11-13,15-16,18,20H,1-2,5-10H2,(H,24,26)(H,27,28)/t12?,13?,15?,16?,18-,20?/m1/s1. The van der Waals surface area contributed by atoms with Gasteiger partial charge in [-0.1, -0.05) is 11.6 Å². The molecule has 0 unspecified atom stereocenters. The number of amides is 1. The largest absolute Gasteiger partial charge is 0.478 e. The molecule has 31 heavy (non-hydrogen) atoms. The van der Waals surface area contributed by atoms with Crippen LogP contribution in [0.1, 0.15) is 55.3 Å². The van der Waals surface area contributed by atoms with Gasteiger partial charge in [0, 0.05) is 12.6 Å². The van der Waals surface area contributed by atoms with Crippen molar-refractivity contribution in [1.82, 2.24) is 9.62 Å². The number of aromatic carboxylic acids is 1. The van der Waals surface area contributed by atoms with Gasteiger partial charge < -0.3 is 10.4 Å². The summed E-state index contributed by atoms with van der Waals surface area (Å²) in [6.45, 7) is 0.249. The summed E-state index contributed by atoms with van der Waals surface area (Å²) in [6, 6.07) is 2.98. The van der Waals surface area contributed by atoms with Crippen molar-refractivity contribution in [3.05, 3.63) is 28.8 Å². The molecule has 4 aliphatic carbocycles. The Morgan fingerprint density at radius 1 is 1.06 bits per heavy atom. The molecule has 0 aromatic heterocycles. The number of carbonyl (C=O) groups excluding carboxylic acids is 1. The minimum Gasteiger partial charge on any atom is -0.478 e. The minimum atomic E-state index is -4.02. The first-order valence-electron chi connectivity index (χ1n) is 11.1. The van der Waals surface area contributed by atoms with Gasteiger partial charge in [-0.2, -0.15) is 4.31 Å². The summed E-state index contributed by atoms with van der Waals surface area (Å²) in [6.07, 6.45) is 7.12. The summed E-state index contributed by atoms with van der Waals surface area (Å²) in [7, 11) is -4.02. The molecule has 0 spiro atoms. The van der Waals surface area contributed by atoms with Gasteiger partial charge in [0.1, 0.15) is 10.9 Å². The SMILES string of the molecule is O=C(O)c1ccc(S(=O)(=O)N2CCC[C@@H]2C(=O)NC2C3CC4CC(C3)CC2C4)c(Cl)c1. The summed E-state index contributed by atoms with van der Waals surface area (Å²) < 4.78 is 27.8. The summed E-state index contributed by atoms with van der Waals surface area (Å²) in [5.41, 5.74) is -0.0819. The number of nitrogens with zero attached hydrogens (tertiary/aromatic N) is 1. The Balaban J connectivity index is 1.34. The first-order valence-corrected chi connectivity index (χ1v) is 12.9. The van der Waals surface area contributed by atoms with Crippen LogP contribution in [0.5, 0.6) is 0 Å². The normalized spacial score (nSPS) is 34.7. The number of rotatable bonds is 5. The summed E-state index contributed by atoms with van der Waals surface area (Å²) in [5.74, 6) is 1.25. The van der Waals surface area contributed by atoms with E-state index in [4.69, 9.17) is 16.7 Å². The van der Waals surface area contributed by atoms with Crippen LogP contribution in [0.15, 0.2) is 23.1 Å². The lowest BCUT2D eigenvalue weighted by Gasteiger charge is -2.54. The van der Waals surface area contributed by atoms with E-state index in [1.54, 1.807) is 0 Å². The molecule has 1 aromatic rings. The van der Waals surface area contributed by atoms with Gasteiger partial charge in [0.05, 0.1) is 10.6 Å². The van der Waals surface area contributed by atoms with Crippen LogP contribution in [0.2, 0.25) is 5.02 Å². The van der Waals surface area contributed by atoms with E-state index in [-0.39, 0.29) is 34.0 Å². The van der Waals surface area contributed by atoms with E-state index < -0.39 is 22.0 Å². The van der Waals surface area contributed by atoms with Crippen LogP contribution in [-0.2, 0) is 14.8 Å². The van der Waals surface area contributed by atoms with Gasteiger partial charge in [0.15, 0.2) is 0 Å². The maximum Gasteiger partial charge on any atom is 0.335 e. The van der Waals surface area contributed by atoms with Gasteiger partial charge in [0.2, 0.25) is 15.9 Å². The fourth-order valence-corrected chi connectivity index (χ4v) is 8.86. The van der Waals surface area contributed by atoms with Crippen LogP contribution in [-0.4, -0.2) is 48.3 Å². The smallest absolute Gasteiger partial charge is 0.335 e. The lowest BCUT2D eigenvalue weighted by atomic mass is 9.54. The van der Waals surface area contributed by atoms with Crippen LogP contribution < -0.4 is 5.32 Å². The minimum absolute atomic E-state index is 0.0819. The Morgan fingerprint density at radius 2 is 1.71 bits per heavy atom. The van der Waals surface area contributed by atoms with Crippen LogP contribution in [0.4, 0.5) is 0 Å². The maximum atomic E-state index is 13.3. The van der Waals surface area contributed by atoms with Crippen LogP contribution >= 0.6 is 11.6 Å². The number of carboxylic acid groups (broad SMARTS) is 1. The predicted octanol–water partition coefficient (Wildman–Crippen LogP) is 3.13. The van der Waals surface area contributed by atoms with Crippen molar-refractivity contribution in [2.24, 2.45) is 23.7 Å². The molecule has 5 aliphatic rings. The average molecular weight is 467 g/mol. The second kappa shape index (κ2) is 7.74. The first-order chi connectivity index (χ1) is 14.7. The van der Waals surface area contributed by atoms with Crippen LogP contribution in [0.25, 0.3) is 0 Å². The van der Waals surface area contributed by atoms with Gasteiger partial charge >= 0.3 is 5.97 Å². The fraction of sp³-hybridized carbons (Fsp3) is 0.636. The van der Waals surface area contributed by atoms with Gasteiger partial charge in [-0.05, 0) is 86.8 Å². The summed E-state index contributed by atoms with van der Waals surface area (Å²) in [5, 5.41) is 12.2. The highest BCUT2D eigenvalue weighted by atomic mass is 35.5. The molecule has 1 saturated heterocycles. The Morgan fingerprint density at radius 3 is 2.29 bits per heavy atom. The zero-order valence-electron chi connectivity index (χ0n) is 17.2. The Hall–Kier alpha value is -1.64. The molecule has 1 aliphatic heterocycles. The summed E-state index contributed by atoms with van der Waals surface area (Å²) >= 11 is 6.13. The predicted molar refractivity (Wildman–Crippen MR) is 114 cm³/mol. The molecule has 7 nitrogen and oxygen atoms in total. The van der Waals surface area contributed by atoms with Crippen molar-refractivity contribution in [1.29, 1.82) is 0 Å². The fourth-order valence-electron chi connectivity index (χ4n) is 6.68. The number of carbonyl (C=O) groups is 2. The zero-order chi connectivity index (χ0) is 21.9. The molecule has 1 aromatic carbocycles. The van der Waals surface area contributed by atoms with Crippen molar-refractivity contribution in [2.45, 2.75) is 61.9 Å². The Labute approximate surface area is 187 Å². The molecule has 1 heterocycles. The van der Waals surface area contributed by atoms with E-state index >= 15 is 0 Å². The first kappa shape index (κ1) is 21.2. The molecule has 168 valence electrons. The molecule has 2 N–H and O–H groups in total. The lowest BCUT2D eigenvalue weighted by molar-refractivity contribution is -0.128. The number of hydrogen-bond donors (Lipinski definition) is 2. The van der Waals surface area contributed by atoms with E-state index in [0.717, 1.165) is 17.9 Å². The maximum absolute atomic E-state index is 13.3. The molecule has 1 atom stereocenters. The highest BCUT2D eigenvalue weighted by molar-refractivity contribution is 7.89. The van der Waals surface area contributed by atoms with E-state index in [0.29, 0.717) is 24.7 Å².